The van der Waals surface area contributed by atoms with Crippen molar-refractivity contribution in [3.63, 3.8) is 0 Å². The Balaban J connectivity index is 1.75. The van der Waals surface area contributed by atoms with Gasteiger partial charge in [0.2, 0.25) is 0 Å². The number of hydrogen-bond donors (Lipinski definition) is 0. The first-order valence-corrected chi connectivity index (χ1v) is 5.82. The minimum Gasteiger partial charge on any atom is -0.354 e. The van der Waals surface area contributed by atoms with Crippen molar-refractivity contribution in [3.8, 4) is 0 Å². The molecule has 0 amide bonds. The molecule has 2 fully saturated rings. The summed E-state index contributed by atoms with van der Waals surface area (Å²) in [5.74, 6) is 1.09. The first-order valence-electron chi connectivity index (χ1n) is 5.82. The molecule has 0 N–H and O–H groups in total. The fourth-order valence-corrected chi connectivity index (χ4v) is 3.07. The second-order valence-corrected chi connectivity index (χ2v) is 5.03. The monoisotopic (exact) mass is 203 g/mol. The molecule has 1 saturated heterocycles. The molecular weight excluding hydrogens is 186 g/mol. The van der Waals surface area contributed by atoms with Crippen molar-refractivity contribution < 1.29 is 0 Å². The van der Waals surface area contributed by atoms with Gasteiger partial charge in [0, 0.05) is 30.9 Å². The quantitative estimate of drug-likeness (QED) is 0.700. The summed E-state index contributed by atoms with van der Waals surface area (Å²) in [7, 11) is 0. The third-order valence-corrected chi connectivity index (χ3v) is 3.87. The van der Waals surface area contributed by atoms with Crippen LogP contribution in [0.3, 0.4) is 0 Å². The minimum atomic E-state index is 0.643. The van der Waals surface area contributed by atoms with E-state index in [4.69, 9.17) is 0 Å². The van der Waals surface area contributed by atoms with Gasteiger partial charge in [-0.3, -0.25) is 4.98 Å². The van der Waals surface area contributed by atoms with Crippen molar-refractivity contribution in [2.45, 2.75) is 32.6 Å². The highest BCUT2D eigenvalue weighted by Gasteiger charge is 2.45. The predicted molar refractivity (Wildman–Crippen MR) is 59.9 cm³/mol. The fourth-order valence-electron chi connectivity index (χ4n) is 3.07. The van der Waals surface area contributed by atoms with E-state index in [2.05, 4.69) is 14.9 Å². The maximum atomic E-state index is 4.42. The molecule has 15 heavy (non-hydrogen) atoms. The summed E-state index contributed by atoms with van der Waals surface area (Å²) >= 11 is 0. The van der Waals surface area contributed by atoms with E-state index in [0.29, 0.717) is 5.41 Å². The Morgan fingerprint density at radius 2 is 1.80 bits per heavy atom. The Morgan fingerprint density at radius 1 is 1.13 bits per heavy atom. The van der Waals surface area contributed by atoms with E-state index in [1.165, 1.54) is 38.8 Å². The third kappa shape index (κ3) is 1.41. The Kier molecular flexibility index (Phi) is 1.94. The summed E-state index contributed by atoms with van der Waals surface area (Å²) in [6.45, 7) is 4.45. The highest BCUT2D eigenvalue weighted by Crippen LogP contribution is 2.46. The lowest BCUT2D eigenvalue weighted by atomic mass is 9.78. The zero-order valence-corrected chi connectivity index (χ0v) is 9.24. The summed E-state index contributed by atoms with van der Waals surface area (Å²) in [6.07, 6.45) is 9.25. The van der Waals surface area contributed by atoms with Crippen molar-refractivity contribution in [2.75, 3.05) is 18.0 Å². The maximum Gasteiger partial charge on any atom is 0.150 e. The second kappa shape index (κ2) is 3.19. The highest BCUT2D eigenvalue weighted by molar-refractivity contribution is 5.46. The summed E-state index contributed by atoms with van der Waals surface area (Å²) in [5.41, 5.74) is 1.70. The van der Waals surface area contributed by atoms with Crippen molar-refractivity contribution in [2.24, 2.45) is 5.41 Å². The number of anilines is 1. The standard InChI is InChI=1S/C12H17N3/c1-10-11(14-7-6-13-10)15-8-12(9-15)4-2-3-5-12/h6-7H,2-5,8-9H2,1H3. The van der Waals surface area contributed by atoms with Crippen LogP contribution < -0.4 is 4.90 Å². The summed E-state index contributed by atoms with van der Waals surface area (Å²) in [6, 6.07) is 0. The van der Waals surface area contributed by atoms with E-state index in [0.717, 1.165) is 11.5 Å². The van der Waals surface area contributed by atoms with Gasteiger partial charge in [-0.15, -0.1) is 0 Å². The number of aromatic nitrogens is 2. The van der Waals surface area contributed by atoms with Crippen LogP contribution in [0.25, 0.3) is 0 Å². The molecule has 1 aliphatic heterocycles. The van der Waals surface area contributed by atoms with Gasteiger partial charge in [-0.25, -0.2) is 4.98 Å². The highest BCUT2D eigenvalue weighted by atomic mass is 15.3. The summed E-state index contributed by atoms with van der Waals surface area (Å²) < 4.78 is 0. The molecule has 3 nitrogen and oxygen atoms in total. The molecule has 3 rings (SSSR count). The van der Waals surface area contributed by atoms with Crippen LogP contribution in [-0.4, -0.2) is 23.1 Å². The van der Waals surface area contributed by atoms with E-state index in [-0.39, 0.29) is 0 Å². The maximum absolute atomic E-state index is 4.42. The molecule has 0 bridgehead atoms. The molecule has 1 spiro atoms. The van der Waals surface area contributed by atoms with Crippen LogP contribution >= 0.6 is 0 Å². The van der Waals surface area contributed by atoms with Crippen LogP contribution in [0, 0.1) is 12.3 Å². The molecule has 0 aromatic carbocycles. The third-order valence-electron chi connectivity index (χ3n) is 3.87. The normalized spacial score (nSPS) is 23.1. The van der Waals surface area contributed by atoms with Gasteiger partial charge in [0.15, 0.2) is 0 Å². The van der Waals surface area contributed by atoms with Crippen molar-refractivity contribution in [1.82, 2.24) is 9.97 Å². The molecule has 0 atom stereocenters. The van der Waals surface area contributed by atoms with Crippen molar-refractivity contribution in [3.05, 3.63) is 18.1 Å². The van der Waals surface area contributed by atoms with Gasteiger partial charge >= 0.3 is 0 Å². The van der Waals surface area contributed by atoms with Gasteiger partial charge in [0.1, 0.15) is 5.82 Å². The Hall–Kier alpha value is -1.12. The van der Waals surface area contributed by atoms with Gasteiger partial charge < -0.3 is 4.90 Å². The topological polar surface area (TPSA) is 29.0 Å². The van der Waals surface area contributed by atoms with Crippen LogP contribution in [0.5, 0.6) is 0 Å². The molecule has 1 saturated carbocycles. The number of rotatable bonds is 1. The predicted octanol–water partition coefficient (Wildman–Crippen LogP) is 2.17. The Bertz CT molecular complexity index is 361. The molecule has 1 aromatic heterocycles. The zero-order chi connectivity index (χ0) is 10.3. The molecule has 1 aromatic rings. The summed E-state index contributed by atoms with van der Waals surface area (Å²) in [5, 5.41) is 0. The SMILES string of the molecule is Cc1nccnc1N1CC2(CCCC2)C1. The van der Waals surface area contributed by atoms with E-state index < -0.39 is 0 Å². The largest absolute Gasteiger partial charge is 0.354 e. The fraction of sp³-hybridized carbons (Fsp3) is 0.667. The zero-order valence-electron chi connectivity index (χ0n) is 9.24. The lowest BCUT2D eigenvalue weighted by molar-refractivity contribution is 0.220. The van der Waals surface area contributed by atoms with Crippen LogP contribution in [0.15, 0.2) is 12.4 Å². The molecular formula is C12H17N3. The van der Waals surface area contributed by atoms with E-state index in [1.807, 2.05) is 6.92 Å². The lowest BCUT2D eigenvalue weighted by Crippen LogP contribution is -2.55. The first-order chi connectivity index (χ1) is 7.29. The molecule has 0 unspecified atom stereocenters. The Labute approximate surface area is 90.5 Å². The number of aryl methyl sites for hydroxylation is 1. The minimum absolute atomic E-state index is 0.643. The van der Waals surface area contributed by atoms with Crippen LogP contribution in [0.4, 0.5) is 5.82 Å². The second-order valence-electron chi connectivity index (χ2n) is 5.03. The van der Waals surface area contributed by atoms with Crippen LogP contribution in [-0.2, 0) is 0 Å². The smallest absolute Gasteiger partial charge is 0.150 e. The molecule has 2 aliphatic rings. The molecule has 1 aliphatic carbocycles. The van der Waals surface area contributed by atoms with E-state index >= 15 is 0 Å². The average Bonchev–Trinajstić information content (AvgIpc) is 2.65. The van der Waals surface area contributed by atoms with Crippen molar-refractivity contribution in [1.29, 1.82) is 0 Å². The molecule has 0 radical (unpaired) electrons. The van der Waals surface area contributed by atoms with E-state index in [1.54, 1.807) is 12.4 Å². The first kappa shape index (κ1) is 9.13. The van der Waals surface area contributed by atoms with Gasteiger partial charge in [-0.05, 0) is 19.8 Å². The lowest BCUT2D eigenvalue weighted by Gasteiger charge is -2.49. The van der Waals surface area contributed by atoms with Crippen molar-refractivity contribution >= 4 is 5.82 Å². The van der Waals surface area contributed by atoms with Crippen LogP contribution in [0.2, 0.25) is 0 Å². The average molecular weight is 203 g/mol. The van der Waals surface area contributed by atoms with Gasteiger partial charge in [0.05, 0.1) is 5.69 Å². The molecule has 2 heterocycles. The Morgan fingerprint density at radius 3 is 2.47 bits per heavy atom. The van der Waals surface area contributed by atoms with E-state index in [9.17, 15) is 0 Å². The van der Waals surface area contributed by atoms with Crippen LogP contribution in [0.1, 0.15) is 31.4 Å². The number of nitrogens with zero attached hydrogens (tertiary/aromatic N) is 3. The van der Waals surface area contributed by atoms with Gasteiger partial charge in [-0.1, -0.05) is 12.8 Å². The van der Waals surface area contributed by atoms with Gasteiger partial charge in [0.25, 0.3) is 0 Å². The molecule has 3 heteroatoms. The van der Waals surface area contributed by atoms with Gasteiger partial charge in [-0.2, -0.15) is 0 Å². The summed E-state index contributed by atoms with van der Waals surface area (Å²) in [4.78, 5) is 11.1. The molecule has 80 valence electrons. The number of hydrogen-bond acceptors (Lipinski definition) is 3.